The van der Waals surface area contributed by atoms with Crippen LogP contribution in [0.3, 0.4) is 0 Å². The van der Waals surface area contributed by atoms with Crippen molar-refractivity contribution in [1.82, 2.24) is 0 Å². The fourth-order valence-electron chi connectivity index (χ4n) is 2.59. The number of rotatable bonds is 19. The Bertz CT molecular complexity index is 490. The summed E-state index contributed by atoms with van der Waals surface area (Å²) >= 11 is 2.29. The van der Waals surface area contributed by atoms with E-state index in [2.05, 4.69) is 18.4 Å². The molecule has 0 aliphatic rings. The normalized spacial score (nSPS) is 14.5. The number of thioether (sulfide) groups is 2. The fraction of sp³-hybridized carbons (Fsp3) is 0.900. The molecule has 1 unspecified atom stereocenters. The molecule has 1 N–H and O–H groups in total. The van der Waals surface area contributed by atoms with Gasteiger partial charge in [0.25, 0.3) is 0 Å². The first-order chi connectivity index (χ1) is 13.8. The smallest absolute Gasteiger partial charge is 0.303 e. The van der Waals surface area contributed by atoms with Gasteiger partial charge < -0.3 is 4.89 Å². The van der Waals surface area contributed by atoms with Crippen LogP contribution in [-0.4, -0.2) is 39.8 Å². The quantitative estimate of drug-likeness (QED) is 0.172. The number of phosphoric ester groups is 1. The first-order valence-electron chi connectivity index (χ1n) is 10.7. The van der Waals surface area contributed by atoms with Gasteiger partial charge in [-0.3, -0.25) is 18.6 Å². The van der Waals surface area contributed by atoms with Crippen LogP contribution in [0.15, 0.2) is 0 Å². The molecule has 6 nitrogen and oxygen atoms in total. The highest BCUT2D eigenvalue weighted by atomic mass is 32.2. The molecule has 0 saturated heterocycles. The lowest BCUT2D eigenvalue weighted by molar-refractivity contribution is -0.112. The van der Waals surface area contributed by atoms with E-state index in [1.54, 1.807) is 0 Å². The molecule has 0 rings (SSSR count). The Kier molecular flexibility index (Phi) is 19.0. The van der Waals surface area contributed by atoms with Crippen LogP contribution in [0.1, 0.15) is 90.9 Å². The zero-order chi connectivity index (χ0) is 22.0. The van der Waals surface area contributed by atoms with Crippen molar-refractivity contribution in [3.63, 3.8) is 0 Å². The first kappa shape index (κ1) is 29.1. The predicted molar refractivity (Wildman–Crippen MR) is 123 cm³/mol. The summed E-state index contributed by atoms with van der Waals surface area (Å²) in [6.07, 6.45) is 11.8. The summed E-state index contributed by atoms with van der Waals surface area (Å²) in [5, 5.41) is -0.228. The van der Waals surface area contributed by atoms with Crippen molar-refractivity contribution in [2.45, 2.75) is 96.1 Å². The van der Waals surface area contributed by atoms with Gasteiger partial charge in [-0.05, 0) is 12.8 Å². The molecule has 0 aromatic carbocycles. The average Bonchev–Trinajstić information content (AvgIpc) is 2.69. The van der Waals surface area contributed by atoms with Gasteiger partial charge in [0.05, 0.1) is 6.61 Å². The molecule has 172 valence electrons. The second-order valence-electron chi connectivity index (χ2n) is 7.07. The zero-order valence-corrected chi connectivity index (χ0v) is 20.8. The highest BCUT2D eigenvalue weighted by molar-refractivity contribution is 8.17. The minimum Gasteiger partial charge on any atom is -0.303 e. The maximum absolute atomic E-state index is 12.2. The van der Waals surface area contributed by atoms with Crippen molar-refractivity contribution in [2.24, 2.45) is 0 Å². The zero-order valence-electron chi connectivity index (χ0n) is 18.2. The van der Waals surface area contributed by atoms with Gasteiger partial charge in [-0.2, -0.15) is 0 Å². The SMILES string of the molecule is CCCCCCCC(=O)SC[C@H](COP(=O)(O)OC)SC(=O)CCCCCCC. The van der Waals surface area contributed by atoms with Crippen molar-refractivity contribution in [1.29, 1.82) is 0 Å². The van der Waals surface area contributed by atoms with Crippen molar-refractivity contribution >= 4 is 41.6 Å². The Morgan fingerprint density at radius 2 is 1.41 bits per heavy atom. The van der Waals surface area contributed by atoms with E-state index in [-0.39, 0.29) is 22.1 Å². The van der Waals surface area contributed by atoms with Gasteiger partial charge in [-0.1, -0.05) is 88.7 Å². The molecule has 0 bridgehead atoms. The van der Waals surface area contributed by atoms with Crippen LogP contribution < -0.4 is 0 Å². The van der Waals surface area contributed by atoms with E-state index < -0.39 is 7.82 Å². The minimum absolute atomic E-state index is 0.0351. The van der Waals surface area contributed by atoms with Gasteiger partial charge >= 0.3 is 7.82 Å². The van der Waals surface area contributed by atoms with Gasteiger partial charge in [0.1, 0.15) is 0 Å². The molecule has 0 aromatic heterocycles. The number of carbonyl (C=O) groups is 2. The Morgan fingerprint density at radius 3 is 1.93 bits per heavy atom. The lowest BCUT2D eigenvalue weighted by Gasteiger charge is -2.17. The van der Waals surface area contributed by atoms with E-state index in [9.17, 15) is 19.0 Å². The van der Waals surface area contributed by atoms with Crippen LogP contribution in [0.25, 0.3) is 0 Å². The summed E-state index contributed by atoms with van der Waals surface area (Å²) in [7, 11) is -3.00. The summed E-state index contributed by atoms with van der Waals surface area (Å²) in [6.45, 7) is 4.20. The molecule has 0 saturated carbocycles. The van der Waals surface area contributed by atoms with E-state index >= 15 is 0 Å². The summed E-state index contributed by atoms with van der Waals surface area (Å²) in [6, 6.07) is 0. The first-order valence-corrected chi connectivity index (χ1v) is 14.1. The number of unbranched alkanes of at least 4 members (excludes halogenated alkanes) is 8. The number of hydrogen-bond acceptors (Lipinski definition) is 7. The largest absolute Gasteiger partial charge is 0.471 e. The number of carbonyl (C=O) groups excluding carboxylic acids is 2. The molecule has 2 atom stereocenters. The standard InChI is InChI=1S/C20H39O6PS2/c1-4-6-8-10-12-14-19(21)28-17-18(16-26-27(23,24)25-3)29-20(22)15-13-11-9-7-5-2/h18H,4-17H2,1-3H3,(H,23,24)/t18-/m0/s1. The third-order valence-corrected chi connectivity index (χ3v) is 7.70. The third kappa shape index (κ3) is 18.6. The average molecular weight is 471 g/mol. The topological polar surface area (TPSA) is 89.9 Å². The van der Waals surface area contributed by atoms with Gasteiger partial charge in [0, 0.05) is 31.0 Å². The molecule has 0 spiro atoms. The summed E-state index contributed by atoms with van der Waals surface area (Å²) in [4.78, 5) is 33.8. The van der Waals surface area contributed by atoms with Crippen LogP contribution in [0.2, 0.25) is 0 Å². The maximum Gasteiger partial charge on any atom is 0.471 e. The highest BCUT2D eigenvalue weighted by Crippen LogP contribution is 2.42. The molecule has 0 amide bonds. The molecule has 0 fully saturated rings. The van der Waals surface area contributed by atoms with Gasteiger partial charge in [0.15, 0.2) is 10.2 Å². The Morgan fingerprint density at radius 1 is 0.897 bits per heavy atom. The molecule has 0 heterocycles. The lowest BCUT2D eigenvalue weighted by atomic mass is 10.1. The maximum atomic E-state index is 12.2. The summed E-state index contributed by atoms with van der Waals surface area (Å²) in [5.74, 6) is 0.379. The molecule has 0 radical (unpaired) electrons. The van der Waals surface area contributed by atoms with Gasteiger partial charge in [0.2, 0.25) is 0 Å². The number of phosphoric acid groups is 1. The second kappa shape index (κ2) is 18.9. The van der Waals surface area contributed by atoms with Crippen molar-refractivity contribution in [3.8, 4) is 0 Å². The monoisotopic (exact) mass is 470 g/mol. The van der Waals surface area contributed by atoms with E-state index in [4.69, 9.17) is 4.52 Å². The molecule has 0 aliphatic carbocycles. The second-order valence-corrected chi connectivity index (χ2v) is 11.1. The lowest BCUT2D eigenvalue weighted by Crippen LogP contribution is -2.18. The molecular formula is C20H39O6PS2. The fourth-order valence-corrected chi connectivity index (χ4v) is 5.17. The van der Waals surface area contributed by atoms with Crippen molar-refractivity contribution in [2.75, 3.05) is 19.5 Å². The van der Waals surface area contributed by atoms with Crippen molar-refractivity contribution < 1.29 is 28.1 Å². The van der Waals surface area contributed by atoms with E-state index in [1.807, 2.05) is 0 Å². The van der Waals surface area contributed by atoms with Gasteiger partial charge in [-0.15, -0.1) is 0 Å². The van der Waals surface area contributed by atoms with Crippen LogP contribution in [-0.2, 0) is 23.2 Å². The Hall–Kier alpha value is 0.150. The van der Waals surface area contributed by atoms with Crippen LogP contribution in [0.5, 0.6) is 0 Å². The summed E-state index contributed by atoms with van der Waals surface area (Å²) in [5.41, 5.74) is 0. The van der Waals surface area contributed by atoms with Crippen LogP contribution in [0, 0.1) is 0 Å². The molecule has 0 aliphatic heterocycles. The molecule has 0 aromatic rings. The Balaban J connectivity index is 4.36. The molecule has 9 heteroatoms. The Labute approximate surface area is 185 Å². The highest BCUT2D eigenvalue weighted by Gasteiger charge is 2.24. The third-order valence-electron chi connectivity index (χ3n) is 4.35. The van der Waals surface area contributed by atoms with E-state index in [0.717, 1.165) is 63.8 Å². The van der Waals surface area contributed by atoms with E-state index in [1.165, 1.54) is 31.0 Å². The van der Waals surface area contributed by atoms with Crippen LogP contribution >= 0.6 is 31.3 Å². The molecular weight excluding hydrogens is 431 g/mol. The van der Waals surface area contributed by atoms with Crippen LogP contribution in [0.4, 0.5) is 0 Å². The molecule has 29 heavy (non-hydrogen) atoms. The van der Waals surface area contributed by atoms with Gasteiger partial charge in [-0.25, -0.2) is 4.57 Å². The minimum atomic E-state index is -4.10. The van der Waals surface area contributed by atoms with E-state index in [0.29, 0.717) is 18.6 Å². The number of hydrogen-bond donors (Lipinski definition) is 1. The van der Waals surface area contributed by atoms with Crippen molar-refractivity contribution in [3.05, 3.63) is 0 Å². The summed E-state index contributed by atoms with van der Waals surface area (Å²) < 4.78 is 20.9. The predicted octanol–water partition coefficient (Wildman–Crippen LogP) is 6.36.